The Hall–Kier alpha value is -2.18. The molecule has 0 bridgehead atoms. The summed E-state index contributed by atoms with van der Waals surface area (Å²) in [6.45, 7) is 2.90. The second-order valence-electron chi connectivity index (χ2n) is 7.28. The lowest BCUT2D eigenvalue weighted by Crippen LogP contribution is -2.50. The first-order valence-electron chi connectivity index (χ1n) is 9.34. The molecule has 6 nitrogen and oxygen atoms in total. The highest BCUT2D eigenvalue weighted by atomic mass is 16.5. The van der Waals surface area contributed by atoms with Gasteiger partial charge in [0.05, 0.1) is 25.4 Å². The summed E-state index contributed by atoms with van der Waals surface area (Å²) in [5, 5.41) is 7.59. The smallest absolute Gasteiger partial charge is 0.237 e. The van der Waals surface area contributed by atoms with Gasteiger partial charge in [-0.3, -0.25) is 14.4 Å². The monoisotopic (exact) mass is 354 g/mol. The zero-order chi connectivity index (χ0) is 17.9. The van der Waals surface area contributed by atoms with E-state index in [4.69, 9.17) is 4.74 Å². The van der Waals surface area contributed by atoms with E-state index in [-0.39, 0.29) is 11.9 Å². The fourth-order valence-corrected chi connectivity index (χ4v) is 3.56. The second kappa shape index (κ2) is 7.60. The van der Waals surface area contributed by atoms with E-state index in [1.807, 2.05) is 10.9 Å². The highest BCUT2D eigenvalue weighted by molar-refractivity contribution is 5.83. The van der Waals surface area contributed by atoms with Gasteiger partial charge in [0.2, 0.25) is 5.91 Å². The summed E-state index contributed by atoms with van der Waals surface area (Å²) in [6, 6.07) is 8.71. The van der Waals surface area contributed by atoms with Gasteiger partial charge in [-0.15, -0.1) is 0 Å². The Balaban J connectivity index is 1.50. The molecule has 0 unspecified atom stereocenters. The van der Waals surface area contributed by atoms with E-state index in [9.17, 15) is 4.79 Å². The Morgan fingerprint density at radius 2 is 2.12 bits per heavy atom. The quantitative estimate of drug-likeness (QED) is 0.823. The number of aromatic nitrogens is 2. The largest absolute Gasteiger partial charge is 0.383 e. The third-order valence-corrected chi connectivity index (χ3v) is 5.17. The molecule has 2 aromatic rings. The predicted molar refractivity (Wildman–Crippen MR) is 98.4 cm³/mol. The summed E-state index contributed by atoms with van der Waals surface area (Å²) < 4.78 is 7.01. The lowest BCUT2D eigenvalue weighted by atomic mass is 9.93. The topological polar surface area (TPSA) is 59.4 Å². The van der Waals surface area contributed by atoms with Gasteiger partial charge in [0.25, 0.3) is 0 Å². The zero-order valence-corrected chi connectivity index (χ0v) is 15.2. The Morgan fingerprint density at radius 3 is 2.88 bits per heavy atom. The minimum Gasteiger partial charge on any atom is -0.383 e. The molecule has 6 heteroatoms. The Labute approximate surface area is 154 Å². The number of rotatable bonds is 7. The molecule has 0 saturated heterocycles. The highest BCUT2D eigenvalue weighted by Crippen LogP contribution is 2.26. The van der Waals surface area contributed by atoms with Crippen LogP contribution in [0.1, 0.15) is 29.5 Å². The van der Waals surface area contributed by atoms with Crippen molar-refractivity contribution >= 4 is 5.91 Å². The molecule has 1 aliphatic heterocycles. The average molecular weight is 354 g/mol. The highest BCUT2D eigenvalue weighted by Gasteiger charge is 2.34. The van der Waals surface area contributed by atoms with Crippen LogP contribution in [0.25, 0.3) is 0 Å². The summed E-state index contributed by atoms with van der Waals surface area (Å²) in [6.07, 6.45) is 6.94. The van der Waals surface area contributed by atoms with Crippen LogP contribution >= 0.6 is 0 Å². The molecule has 1 N–H and O–H groups in total. The van der Waals surface area contributed by atoms with Gasteiger partial charge in [-0.05, 0) is 30.4 Å². The molecule has 1 aliphatic carbocycles. The lowest BCUT2D eigenvalue weighted by Gasteiger charge is -2.35. The summed E-state index contributed by atoms with van der Waals surface area (Å²) in [5.74, 6) is 0.161. The van der Waals surface area contributed by atoms with Gasteiger partial charge in [0, 0.05) is 38.0 Å². The number of benzene rings is 1. The van der Waals surface area contributed by atoms with Crippen LogP contribution in [0.3, 0.4) is 0 Å². The first-order valence-corrected chi connectivity index (χ1v) is 9.34. The van der Waals surface area contributed by atoms with Crippen molar-refractivity contribution in [3.05, 3.63) is 53.3 Å². The summed E-state index contributed by atoms with van der Waals surface area (Å²) in [5.41, 5.74) is 3.73. The maximum absolute atomic E-state index is 12.8. The maximum Gasteiger partial charge on any atom is 0.237 e. The van der Waals surface area contributed by atoms with Crippen molar-refractivity contribution in [3.8, 4) is 0 Å². The molecule has 2 heterocycles. The molecule has 1 aromatic carbocycles. The molecule has 0 radical (unpaired) electrons. The van der Waals surface area contributed by atoms with E-state index in [2.05, 4.69) is 45.8 Å². The first-order chi connectivity index (χ1) is 12.7. The molecule has 138 valence electrons. The molecule has 2 aliphatic rings. The molecule has 1 amide bonds. The van der Waals surface area contributed by atoms with E-state index < -0.39 is 0 Å². The van der Waals surface area contributed by atoms with Gasteiger partial charge < -0.3 is 10.1 Å². The second-order valence-corrected chi connectivity index (χ2v) is 7.28. The van der Waals surface area contributed by atoms with Crippen molar-refractivity contribution in [1.29, 1.82) is 0 Å². The van der Waals surface area contributed by atoms with Gasteiger partial charge in [0.1, 0.15) is 0 Å². The predicted octanol–water partition coefficient (Wildman–Crippen LogP) is 1.73. The van der Waals surface area contributed by atoms with Crippen molar-refractivity contribution in [1.82, 2.24) is 20.0 Å². The van der Waals surface area contributed by atoms with E-state index >= 15 is 0 Å². The van der Waals surface area contributed by atoms with Crippen molar-refractivity contribution in [2.24, 2.45) is 0 Å². The third-order valence-electron chi connectivity index (χ3n) is 5.17. The summed E-state index contributed by atoms with van der Waals surface area (Å²) >= 11 is 0. The number of amides is 1. The van der Waals surface area contributed by atoms with Gasteiger partial charge in [0.15, 0.2) is 0 Å². The molecule has 26 heavy (non-hydrogen) atoms. The van der Waals surface area contributed by atoms with E-state index in [1.54, 1.807) is 7.11 Å². The Bertz CT molecular complexity index is 769. The normalized spacial score (nSPS) is 20.0. The average Bonchev–Trinajstić information content (AvgIpc) is 3.36. The number of hydrogen-bond donors (Lipinski definition) is 1. The number of methoxy groups -OCH3 is 1. The van der Waals surface area contributed by atoms with Crippen LogP contribution in [0.15, 0.2) is 36.7 Å². The van der Waals surface area contributed by atoms with Crippen molar-refractivity contribution in [2.45, 2.75) is 51.0 Å². The number of fused-ring (bicyclic) bond motifs is 1. The van der Waals surface area contributed by atoms with E-state index in [1.165, 1.54) is 11.1 Å². The van der Waals surface area contributed by atoms with E-state index in [0.29, 0.717) is 12.6 Å². The van der Waals surface area contributed by atoms with Crippen LogP contribution in [0, 0.1) is 0 Å². The summed E-state index contributed by atoms with van der Waals surface area (Å²) in [4.78, 5) is 15.1. The van der Waals surface area contributed by atoms with Gasteiger partial charge in [-0.25, -0.2) is 0 Å². The Morgan fingerprint density at radius 1 is 1.31 bits per heavy atom. The molecular weight excluding hydrogens is 328 g/mol. The fraction of sp³-hybridized carbons (Fsp3) is 0.500. The van der Waals surface area contributed by atoms with Crippen molar-refractivity contribution in [3.63, 3.8) is 0 Å². The molecule has 1 saturated carbocycles. The molecule has 1 aromatic heterocycles. The van der Waals surface area contributed by atoms with Gasteiger partial charge in [-0.1, -0.05) is 24.3 Å². The van der Waals surface area contributed by atoms with Crippen molar-refractivity contribution in [2.75, 3.05) is 13.7 Å². The standard InChI is InChI=1S/C20H26N4O2/c1-26-9-8-24-13-15(11-21-24)12-23-14-17-5-3-2-4-16(17)10-19(23)20(25)22-18-6-7-18/h2-5,11,13,18-19H,6-10,12,14H2,1H3,(H,22,25)/t19-/m0/s1. The number of carbonyl (C=O) groups excluding carboxylic acids is 1. The molecule has 1 fully saturated rings. The fourth-order valence-electron chi connectivity index (χ4n) is 3.56. The van der Waals surface area contributed by atoms with Crippen LogP contribution < -0.4 is 5.32 Å². The van der Waals surface area contributed by atoms with Gasteiger partial charge >= 0.3 is 0 Å². The molecule has 0 spiro atoms. The number of ether oxygens (including phenoxy) is 1. The van der Waals surface area contributed by atoms with E-state index in [0.717, 1.165) is 44.5 Å². The molecule has 1 atom stereocenters. The third kappa shape index (κ3) is 3.97. The molecular formula is C20H26N4O2. The Kier molecular flexibility index (Phi) is 5.04. The maximum atomic E-state index is 12.8. The summed E-state index contributed by atoms with van der Waals surface area (Å²) in [7, 11) is 1.69. The lowest BCUT2D eigenvalue weighted by molar-refractivity contribution is -0.127. The number of carbonyl (C=O) groups is 1. The first kappa shape index (κ1) is 17.2. The van der Waals surface area contributed by atoms with Crippen LogP contribution in [-0.4, -0.2) is 46.4 Å². The number of hydrogen-bond acceptors (Lipinski definition) is 4. The van der Waals surface area contributed by atoms with Gasteiger partial charge in [-0.2, -0.15) is 5.10 Å². The van der Waals surface area contributed by atoms with Crippen LogP contribution in [0.2, 0.25) is 0 Å². The minimum atomic E-state index is -0.118. The van der Waals surface area contributed by atoms with Crippen molar-refractivity contribution < 1.29 is 9.53 Å². The van der Waals surface area contributed by atoms with Crippen LogP contribution in [0.5, 0.6) is 0 Å². The SMILES string of the molecule is COCCn1cc(CN2Cc3ccccc3C[C@H]2C(=O)NC2CC2)cn1. The molecule has 4 rings (SSSR count). The van der Waals surface area contributed by atoms with Crippen LogP contribution in [-0.2, 0) is 35.6 Å². The van der Waals surface area contributed by atoms with Crippen LogP contribution in [0.4, 0.5) is 0 Å². The zero-order valence-electron chi connectivity index (χ0n) is 15.2. The minimum absolute atomic E-state index is 0.118. The number of nitrogens with one attached hydrogen (secondary N) is 1. The number of nitrogens with zero attached hydrogens (tertiary/aromatic N) is 3.